The maximum absolute atomic E-state index is 13.1. The number of hydrogen-bond acceptors (Lipinski definition) is 2. The first kappa shape index (κ1) is 13.1. The molecule has 1 aliphatic heterocycles. The van der Waals surface area contributed by atoms with Gasteiger partial charge in [0.2, 0.25) is 0 Å². The van der Waals surface area contributed by atoms with Crippen LogP contribution in [0.2, 0.25) is 0 Å². The van der Waals surface area contributed by atoms with E-state index >= 15 is 0 Å². The fourth-order valence-electron chi connectivity index (χ4n) is 2.65. The standard InChI is InChI=1S/C14H20F2N2/c1-2-10-4-3-7-18(9-10)13-6-5-11(17)8-12(13)14(15)16/h5-6,8,10,14H,2-4,7,9,17H2,1H3. The summed E-state index contributed by atoms with van der Waals surface area (Å²) in [6.07, 6.45) is 0.915. The van der Waals surface area contributed by atoms with Crippen molar-refractivity contribution >= 4 is 11.4 Å². The normalized spacial score (nSPS) is 20.4. The number of benzene rings is 1. The summed E-state index contributed by atoms with van der Waals surface area (Å²) in [4.78, 5) is 2.08. The number of anilines is 2. The van der Waals surface area contributed by atoms with E-state index in [1.165, 1.54) is 12.5 Å². The molecule has 0 aromatic heterocycles. The Kier molecular flexibility index (Phi) is 4.04. The molecule has 1 atom stereocenters. The zero-order valence-electron chi connectivity index (χ0n) is 10.7. The SMILES string of the molecule is CCC1CCCN(c2ccc(N)cc2C(F)F)C1. The number of nitrogens with zero attached hydrogens (tertiary/aromatic N) is 1. The lowest BCUT2D eigenvalue weighted by molar-refractivity contribution is 0.151. The molecule has 0 bridgehead atoms. The molecule has 1 saturated heterocycles. The Hall–Kier alpha value is -1.32. The maximum atomic E-state index is 13.1. The summed E-state index contributed by atoms with van der Waals surface area (Å²) in [5.41, 5.74) is 6.71. The Morgan fingerprint density at radius 2 is 2.22 bits per heavy atom. The highest BCUT2D eigenvalue weighted by atomic mass is 19.3. The van der Waals surface area contributed by atoms with Crippen LogP contribution in [0.5, 0.6) is 0 Å². The van der Waals surface area contributed by atoms with Crippen LogP contribution in [-0.4, -0.2) is 13.1 Å². The monoisotopic (exact) mass is 254 g/mol. The van der Waals surface area contributed by atoms with E-state index in [1.807, 2.05) is 0 Å². The first-order valence-electron chi connectivity index (χ1n) is 6.54. The number of hydrogen-bond donors (Lipinski definition) is 1. The van der Waals surface area contributed by atoms with Gasteiger partial charge in [0.15, 0.2) is 0 Å². The quantitative estimate of drug-likeness (QED) is 0.830. The molecule has 0 saturated carbocycles. The van der Waals surface area contributed by atoms with E-state index in [1.54, 1.807) is 12.1 Å². The van der Waals surface area contributed by atoms with Gasteiger partial charge in [0, 0.05) is 30.0 Å². The number of alkyl halides is 2. The summed E-state index contributed by atoms with van der Waals surface area (Å²) < 4.78 is 26.1. The number of nitrogens with two attached hydrogens (primary N) is 1. The largest absolute Gasteiger partial charge is 0.399 e. The van der Waals surface area contributed by atoms with Crippen LogP contribution in [0, 0.1) is 5.92 Å². The molecule has 100 valence electrons. The zero-order chi connectivity index (χ0) is 13.1. The van der Waals surface area contributed by atoms with E-state index in [0.29, 0.717) is 17.3 Å². The fraction of sp³-hybridized carbons (Fsp3) is 0.571. The van der Waals surface area contributed by atoms with Gasteiger partial charge in [-0.05, 0) is 37.0 Å². The minimum absolute atomic E-state index is 0.0618. The molecule has 1 aromatic rings. The summed E-state index contributed by atoms with van der Waals surface area (Å²) in [6, 6.07) is 4.83. The number of nitrogen functional groups attached to an aromatic ring is 1. The predicted octanol–water partition coefficient (Wildman–Crippen LogP) is 3.83. The molecule has 0 spiro atoms. The molecular formula is C14H20F2N2. The van der Waals surface area contributed by atoms with Crippen LogP contribution >= 0.6 is 0 Å². The van der Waals surface area contributed by atoms with Crippen LogP contribution in [0.4, 0.5) is 20.2 Å². The summed E-state index contributed by atoms with van der Waals surface area (Å²) in [5.74, 6) is 0.613. The fourth-order valence-corrected chi connectivity index (χ4v) is 2.65. The summed E-state index contributed by atoms with van der Waals surface area (Å²) in [5, 5.41) is 0. The van der Waals surface area contributed by atoms with Gasteiger partial charge >= 0.3 is 0 Å². The Morgan fingerprint density at radius 3 is 2.89 bits per heavy atom. The Morgan fingerprint density at radius 1 is 1.44 bits per heavy atom. The van der Waals surface area contributed by atoms with E-state index in [-0.39, 0.29) is 5.56 Å². The molecule has 1 aromatic carbocycles. The van der Waals surface area contributed by atoms with Crippen LogP contribution in [0.25, 0.3) is 0 Å². The molecule has 0 amide bonds. The third-order valence-corrected chi connectivity index (χ3v) is 3.72. The summed E-state index contributed by atoms with van der Waals surface area (Å²) in [6.45, 7) is 3.89. The van der Waals surface area contributed by atoms with Crippen LogP contribution in [0.3, 0.4) is 0 Å². The number of rotatable bonds is 3. The van der Waals surface area contributed by atoms with Crippen molar-refractivity contribution in [3.05, 3.63) is 23.8 Å². The van der Waals surface area contributed by atoms with Crippen molar-refractivity contribution in [2.45, 2.75) is 32.6 Å². The maximum Gasteiger partial charge on any atom is 0.265 e. The highest BCUT2D eigenvalue weighted by Gasteiger charge is 2.23. The van der Waals surface area contributed by atoms with E-state index in [2.05, 4.69) is 11.8 Å². The van der Waals surface area contributed by atoms with Gasteiger partial charge in [0.05, 0.1) is 0 Å². The lowest BCUT2D eigenvalue weighted by Gasteiger charge is -2.35. The molecule has 0 radical (unpaired) electrons. The van der Waals surface area contributed by atoms with Crippen LogP contribution < -0.4 is 10.6 Å². The second-order valence-electron chi connectivity index (χ2n) is 4.98. The Labute approximate surface area is 107 Å². The molecular weight excluding hydrogens is 234 g/mol. The third kappa shape index (κ3) is 2.74. The molecule has 1 unspecified atom stereocenters. The predicted molar refractivity (Wildman–Crippen MR) is 71.0 cm³/mol. The summed E-state index contributed by atoms with van der Waals surface area (Å²) in [7, 11) is 0. The second-order valence-corrected chi connectivity index (χ2v) is 4.98. The van der Waals surface area contributed by atoms with Crippen molar-refractivity contribution in [1.29, 1.82) is 0 Å². The highest BCUT2D eigenvalue weighted by Crippen LogP contribution is 2.34. The average molecular weight is 254 g/mol. The Balaban J connectivity index is 2.26. The van der Waals surface area contributed by atoms with Gasteiger partial charge in [-0.15, -0.1) is 0 Å². The van der Waals surface area contributed by atoms with Crippen molar-refractivity contribution in [1.82, 2.24) is 0 Å². The molecule has 1 aliphatic rings. The molecule has 0 aliphatic carbocycles. The smallest absolute Gasteiger partial charge is 0.265 e. The van der Waals surface area contributed by atoms with Crippen molar-refractivity contribution < 1.29 is 8.78 Å². The molecule has 1 fully saturated rings. The van der Waals surface area contributed by atoms with Crippen LogP contribution in [-0.2, 0) is 0 Å². The zero-order valence-corrected chi connectivity index (χ0v) is 10.7. The number of halogens is 2. The van der Waals surface area contributed by atoms with Gasteiger partial charge in [-0.2, -0.15) is 0 Å². The van der Waals surface area contributed by atoms with E-state index in [9.17, 15) is 8.78 Å². The van der Waals surface area contributed by atoms with Crippen LogP contribution in [0.1, 0.15) is 38.2 Å². The van der Waals surface area contributed by atoms with Crippen molar-refractivity contribution in [3.8, 4) is 0 Å². The third-order valence-electron chi connectivity index (χ3n) is 3.72. The average Bonchev–Trinajstić information content (AvgIpc) is 2.38. The van der Waals surface area contributed by atoms with E-state index in [4.69, 9.17) is 5.73 Å². The van der Waals surface area contributed by atoms with Crippen LogP contribution in [0.15, 0.2) is 18.2 Å². The molecule has 2 rings (SSSR count). The van der Waals surface area contributed by atoms with Gasteiger partial charge in [-0.25, -0.2) is 8.78 Å². The molecule has 2 nitrogen and oxygen atoms in total. The first-order valence-corrected chi connectivity index (χ1v) is 6.54. The van der Waals surface area contributed by atoms with Gasteiger partial charge in [-0.1, -0.05) is 13.3 Å². The molecule has 1 heterocycles. The minimum Gasteiger partial charge on any atom is -0.399 e. The first-order chi connectivity index (χ1) is 8.61. The van der Waals surface area contributed by atoms with Crippen molar-refractivity contribution in [3.63, 3.8) is 0 Å². The minimum atomic E-state index is -2.47. The van der Waals surface area contributed by atoms with Gasteiger partial charge in [0.1, 0.15) is 0 Å². The van der Waals surface area contributed by atoms with Gasteiger partial charge in [0.25, 0.3) is 6.43 Å². The topological polar surface area (TPSA) is 29.3 Å². The second kappa shape index (κ2) is 5.55. The van der Waals surface area contributed by atoms with Gasteiger partial charge in [-0.3, -0.25) is 0 Å². The van der Waals surface area contributed by atoms with E-state index < -0.39 is 6.43 Å². The molecule has 18 heavy (non-hydrogen) atoms. The summed E-state index contributed by atoms with van der Waals surface area (Å²) >= 11 is 0. The number of piperidine rings is 1. The lowest BCUT2D eigenvalue weighted by Crippen LogP contribution is -2.35. The van der Waals surface area contributed by atoms with Crippen molar-refractivity contribution in [2.24, 2.45) is 5.92 Å². The van der Waals surface area contributed by atoms with Gasteiger partial charge < -0.3 is 10.6 Å². The van der Waals surface area contributed by atoms with Crippen molar-refractivity contribution in [2.75, 3.05) is 23.7 Å². The molecule has 2 N–H and O–H groups in total. The molecule has 4 heteroatoms. The Bertz CT molecular complexity index is 407. The van der Waals surface area contributed by atoms with E-state index in [0.717, 1.165) is 25.9 Å². The highest BCUT2D eigenvalue weighted by molar-refractivity contribution is 5.60. The lowest BCUT2D eigenvalue weighted by atomic mass is 9.94.